The van der Waals surface area contributed by atoms with Crippen molar-refractivity contribution in [2.24, 2.45) is 0 Å². The molecule has 0 fully saturated rings. The number of carbonyl (C=O) groups excluding carboxylic acids is 3. The Morgan fingerprint density at radius 3 is 2.36 bits per heavy atom. The summed E-state index contributed by atoms with van der Waals surface area (Å²) in [6.45, 7) is 8.20. The first-order chi connectivity index (χ1) is 10.4. The lowest BCUT2D eigenvalue weighted by Gasteiger charge is -2.34. The predicted octanol–water partition coefficient (Wildman–Crippen LogP) is 2.07. The lowest BCUT2D eigenvalue weighted by molar-refractivity contribution is -0.169. The Hall–Kier alpha value is -2.95. The van der Waals surface area contributed by atoms with Crippen LogP contribution in [-0.4, -0.2) is 28.4 Å². The van der Waals surface area contributed by atoms with E-state index < -0.39 is 23.5 Å². The van der Waals surface area contributed by atoms with Crippen molar-refractivity contribution in [2.75, 3.05) is 0 Å². The zero-order valence-electron chi connectivity index (χ0n) is 12.1. The molecule has 1 aromatic rings. The van der Waals surface area contributed by atoms with Crippen LogP contribution in [0.2, 0.25) is 0 Å². The summed E-state index contributed by atoms with van der Waals surface area (Å²) in [6, 6.07) is 8.92. The highest BCUT2D eigenvalue weighted by atomic mass is 16.6. The van der Waals surface area contributed by atoms with Gasteiger partial charge in [0.2, 0.25) is 5.72 Å². The van der Waals surface area contributed by atoms with Crippen molar-refractivity contribution in [3.8, 4) is 0 Å². The van der Waals surface area contributed by atoms with Gasteiger partial charge in [-0.15, -0.1) is 0 Å². The molecule has 5 nitrogen and oxygen atoms in total. The Kier molecular flexibility index (Phi) is 4.08. The van der Waals surface area contributed by atoms with Crippen molar-refractivity contribution in [3.63, 3.8) is 0 Å². The molecule has 22 heavy (non-hydrogen) atoms. The Balaban J connectivity index is 2.56. The first-order valence-corrected chi connectivity index (χ1v) is 6.57. The molecule has 112 valence electrons. The van der Waals surface area contributed by atoms with Gasteiger partial charge in [-0.05, 0) is 11.6 Å². The molecule has 2 amide bonds. The van der Waals surface area contributed by atoms with Crippen LogP contribution in [0.25, 0.3) is 5.57 Å². The summed E-state index contributed by atoms with van der Waals surface area (Å²) < 4.78 is 5.33. The summed E-state index contributed by atoms with van der Waals surface area (Å²) in [4.78, 5) is 36.8. The van der Waals surface area contributed by atoms with Gasteiger partial charge in [0.25, 0.3) is 11.8 Å². The van der Waals surface area contributed by atoms with Crippen LogP contribution < -0.4 is 0 Å². The van der Waals surface area contributed by atoms with Gasteiger partial charge in [0, 0.05) is 24.6 Å². The van der Waals surface area contributed by atoms with Crippen LogP contribution in [0.3, 0.4) is 0 Å². The number of esters is 1. The van der Waals surface area contributed by atoms with Crippen molar-refractivity contribution in [1.29, 1.82) is 0 Å². The number of benzene rings is 1. The number of nitrogens with zero attached hydrogens (tertiary/aromatic N) is 1. The zero-order valence-corrected chi connectivity index (χ0v) is 12.1. The average Bonchev–Trinajstić information content (AvgIpc) is 2.78. The molecule has 0 saturated carbocycles. The van der Waals surface area contributed by atoms with Crippen LogP contribution in [0.15, 0.2) is 61.7 Å². The Bertz CT molecular complexity index is 690. The molecule has 5 heteroatoms. The standard InChI is InChI=1S/C17H15NO4/c1-4-14(19)18-15(20)11-13(12-9-7-6-8-10-12)17(18,3)22-16(21)5-2/h4-11H,1-2H2,3H3. The third-order valence-corrected chi connectivity index (χ3v) is 3.36. The average molecular weight is 297 g/mol. The van der Waals surface area contributed by atoms with Crippen molar-refractivity contribution in [2.45, 2.75) is 12.6 Å². The molecule has 1 unspecified atom stereocenters. The van der Waals surface area contributed by atoms with Gasteiger partial charge >= 0.3 is 5.97 Å². The van der Waals surface area contributed by atoms with E-state index in [0.29, 0.717) is 11.1 Å². The fourth-order valence-electron chi connectivity index (χ4n) is 2.37. The van der Waals surface area contributed by atoms with Crippen LogP contribution in [-0.2, 0) is 19.1 Å². The van der Waals surface area contributed by atoms with E-state index in [-0.39, 0.29) is 0 Å². The van der Waals surface area contributed by atoms with E-state index >= 15 is 0 Å². The van der Waals surface area contributed by atoms with Crippen molar-refractivity contribution >= 4 is 23.4 Å². The van der Waals surface area contributed by atoms with E-state index in [4.69, 9.17) is 4.74 Å². The van der Waals surface area contributed by atoms with Crippen LogP contribution in [0.1, 0.15) is 12.5 Å². The summed E-state index contributed by atoms with van der Waals surface area (Å²) in [5.41, 5.74) is -0.451. The van der Waals surface area contributed by atoms with E-state index in [1.807, 2.05) is 6.07 Å². The molecule has 1 aromatic carbocycles. The normalized spacial score (nSPS) is 20.3. The third kappa shape index (κ3) is 2.48. The highest BCUT2D eigenvalue weighted by Crippen LogP contribution is 2.39. The number of rotatable bonds is 4. The quantitative estimate of drug-likeness (QED) is 0.630. The molecule has 0 N–H and O–H groups in total. The molecular weight excluding hydrogens is 282 g/mol. The highest BCUT2D eigenvalue weighted by Gasteiger charge is 2.50. The van der Waals surface area contributed by atoms with Crippen molar-refractivity contribution in [1.82, 2.24) is 4.90 Å². The molecule has 1 aliphatic rings. The lowest BCUT2D eigenvalue weighted by Crippen LogP contribution is -2.51. The second kappa shape index (κ2) is 5.81. The minimum Gasteiger partial charge on any atom is -0.431 e. The van der Waals surface area contributed by atoms with Crippen LogP contribution in [0, 0.1) is 0 Å². The summed E-state index contributed by atoms with van der Waals surface area (Å²) in [6.07, 6.45) is 3.26. The largest absolute Gasteiger partial charge is 0.431 e. The monoisotopic (exact) mass is 297 g/mol. The van der Waals surface area contributed by atoms with Gasteiger partial charge < -0.3 is 4.74 Å². The van der Waals surface area contributed by atoms with Gasteiger partial charge in [-0.1, -0.05) is 43.5 Å². The van der Waals surface area contributed by atoms with Crippen molar-refractivity contribution in [3.05, 3.63) is 67.3 Å². The Labute approximate surface area is 128 Å². The fraction of sp³-hybridized carbons (Fsp3) is 0.118. The molecular formula is C17H15NO4. The van der Waals surface area contributed by atoms with E-state index in [9.17, 15) is 14.4 Å². The highest BCUT2D eigenvalue weighted by molar-refractivity contribution is 6.14. The molecule has 0 bridgehead atoms. The van der Waals surface area contributed by atoms with E-state index in [1.165, 1.54) is 13.0 Å². The second-order valence-electron chi connectivity index (χ2n) is 4.75. The zero-order chi connectivity index (χ0) is 16.3. The SMILES string of the molecule is C=CC(=O)OC1(C)C(c2ccccc2)=CC(=O)N1C(=O)C=C. The fourth-order valence-corrected chi connectivity index (χ4v) is 2.37. The molecule has 1 atom stereocenters. The number of ether oxygens (including phenoxy) is 1. The Morgan fingerprint density at radius 2 is 1.82 bits per heavy atom. The molecule has 0 aromatic heterocycles. The summed E-state index contributed by atoms with van der Waals surface area (Å²) in [5, 5.41) is 0. The van der Waals surface area contributed by atoms with Gasteiger partial charge in [0.15, 0.2) is 0 Å². The maximum Gasteiger partial charge on any atom is 0.332 e. The minimum absolute atomic E-state index is 0.420. The van der Waals surface area contributed by atoms with Crippen LogP contribution in [0.5, 0.6) is 0 Å². The lowest BCUT2D eigenvalue weighted by atomic mass is 9.97. The van der Waals surface area contributed by atoms with Crippen molar-refractivity contribution < 1.29 is 19.1 Å². The van der Waals surface area contributed by atoms with Gasteiger partial charge in [0.05, 0.1) is 0 Å². The second-order valence-corrected chi connectivity index (χ2v) is 4.75. The number of hydrogen-bond donors (Lipinski definition) is 0. The topological polar surface area (TPSA) is 63.7 Å². The van der Waals surface area contributed by atoms with Crippen LogP contribution >= 0.6 is 0 Å². The molecule has 1 heterocycles. The Morgan fingerprint density at radius 1 is 1.18 bits per heavy atom. The number of amides is 2. The summed E-state index contributed by atoms with van der Waals surface area (Å²) in [5.74, 6) is -1.95. The molecule has 1 aliphatic heterocycles. The van der Waals surface area contributed by atoms with E-state index in [1.54, 1.807) is 24.3 Å². The molecule has 0 aliphatic carbocycles. The first-order valence-electron chi connectivity index (χ1n) is 6.57. The smallest absolute Gasteiger partial charge is 0.332 e. The van der Waals surface area contributed by atoms with Gasteiger partial charge in [0.1, 0.15) is 0 Å². The van der Waals surface area contributed by atoms with Gasteiger partial charge in [-0.2, -0.15) is 0 Å². The maximum absolute atomic E-state index is 12.2. The third-order valence-electron chi connectivity index (χ3n) is 3.36. The summed E-state index contributed by atoms with van der Waals surface area (Å²) in [7, 11) is 0. The number of hydrogen-bond acceptors (Lipinski definition) is 4. The van der Waals surface area contributed by atoms with Crippen LogP contribution in [0.4, 0.5) is 0 Å². The molecule has 0 radical (unpaired) electrons. The number of imide groups is 1. The van der Waals surface area contributed by atoms with E-state index in [0.717, 1.165) is 17.1 Å². The maximum atomic E-state index is 12.2. The predicted molar refractivity (Wildman–Crippen MR) is 81.2 cm³/mol. The number of carbonyl (C=O) groups is 3. The molecule has 0 spiro atoms. The van der Waals surface area contributed by atoms with E-state index in [2.05, 4.69) is 13.2 Å². The van der Waals surface area contributed by atoms with Gasteiger partial charge in [-0.3, -0.25) is 9.59 Å². The molecule has 2 rings (SSSR count). The molecule has 0 saturated heterocycles. The van der Waals surface area contributed by atoms with Gasteiger partial charge in [-0.25, -0.2) is 9.69 Å². The summed E-state index contributed by atoms with van der Waals surface area (Å²) >= 11 is 0. The minimum atomic E-state index is -1.55. The first kappa shape index (κ1) is 15.4.